The van der Waals surface area contributed by atoms with Gasteiger partial charge in [0.2, 0.25) is 0 Å². The van der Waals surface area contributed by atoms with Crippen LogP contribution in [-0.4, -0.2) is 39.6 Å². The third kappa shape index (κ3) is 2.91. The molecular formula is C13H15N3O3S2. The number of fused-ring (bicyclic) bond motifs is 1. The van der Waals surface area contributed by atoms with E-state index in [0.29, 0.717) is 15.4 Å². The maximum atomic E-state index is 12.7. The van der Waals surface area contributed by atoms with Gasteiger partial charge in [-0.1, -0.05) is 11.8 Å². The first kappa shape index (κ1) is 14.4. The molecule has 2 aromatic rings. The second-order valence-corrected chi connectivity index (χ2v) is 6.70. The van der Waals surface area contributed by atoms with Crippen LogP contribution < -0.4 is 10.6 Å². The summed E-state index contributed by atoms with van der Waals surface area (Å²) in [5, 5.41) is 13.2. The SMILES string of the molecule is O=C(O)CSc1nc2ccsc2c(=O)n1N1CCCCC1. The lowest BCUT2D eigenvalue weighted by atomic mass is 10.2. The summed E-state index contributed by atoms with van der Waals surface area (Å²) in [5.74, 6) is -1.01. The Kier molecular flexibility index (Phi) is 4.16. The van der Waals surface area contributed by atoms with Crippen molar-refractivity contribution in [3.05, 3.63) is 21.8 Å². The third-order valence-electron chi connectivity index (χ3n) is 3.37. The van der Waals surface area contributed by atoms with Crippen LogP contribution in [0, 0.1) is 0 Å². The van der Waals surface area contributed by atoms with Gasteiger partial charge in [-0.15, -0.1) is 11.3 Å². The smallest absolute Gasteiger partial charge is 0.313 e. The van der Waals surface area contributed by atoms with Crippen LogP contribution in [0.1, 0.15) is 19.3 Å². The Morgan fingerprint density at radius 2 is 2.14 bits per heavy atom. The van der Waals surface area contributed by atoms with Crippen molar-refractivity contribution in [3.63, 3.8) is 0 Å². The lowest BCUT2D eigenvalue weighted by Gasteiger charge is -2.31. The Morgan fingerprint density at radius 1 is 1.38 bits per heavy atom. The van der Waals surface area contributed by atoms with Crippen molar-refractivity contribution in [3.8, 4) is 0 Å². The van der Waals surface area contributed by atoms with Crippen LogP contribution in [0.2, 0.25) is 0 Å². The number of piperidine rings is 1. The number of thiophene rings is 1. The quantitative estimate of drug-likeness (QED) is 0.682. The van der Waals surface area contributed by atoms with Gasteiger partial charge < -0.3 is 10.1 Å². The molecule has 1 N–H and O–H groups in total. The topological polar surface area (TPSA) is 75.4 Å². The van der Waals surface area contributed by atoms with Gasteiger partial charge in [0.15, 0.2) is 5.16 Å². The van der Waals surface area contributed by atoms with Gasteiger partial charge in [-0.2, -0.15) is 4.68 Å². The summed E-state index contributed by atoms with van der Waals surface area (Å²) in [6.07, 6.45) is 3.24. The van der Waals surface area contributed by atoms with Crippen molar-refractivity contribution in [2.24, 2.45) is 0 Å². The van der Waals surface area contributed by atoms with Crippen LogP contribution >= 0.6 is 23.1 Å². The van der Waals surface area contributed by atoms with Crippen LogP contribution in [0.25, 0.3) is 10.2 Å². The van der Waals surface area contributed by atoms with Crippen molar-refractivity contribution in [1.82, 2.24) is 9.66 Å². The van der Waals surface area contributed by atoms with E-state index in [1.165, 1.54) is 11.3 Å². The van der Waals surface area contributed by atoms with Crippen molar-refractivity contribution >= 4 is 39.3 Å². The number of aliphatic carboxylic acids is 1. The second-order valence-electron chi connectivity index (χ2n) is 4.84. The summed E-state index contributed by atoms with van der Waals surface area (Å²) in [7, 11) is 0. The molecule has 8 heteroatoms. The van der Waals surface area contributed by atoms with Gasteiger partial charge in [-0.25, -0.2) is 4.98 Å². The zero-order chi connectivity index (χ0) is 14.8. The number of carboxylic acid groups (broad SMARTS) is 1. The van der Waals surface area contributed by atoms with Crippen LogP contribution in [0.15, 0.2) is 21.4 Å². The minimum Gasteiger partial charge on any atom is -0.481 e. The number of hydrogen-bond donors (Lipinski definition) is 1. The highest BCUT2D eigenvalue weighted by atomic mass is 32.2. The zero-order valence-electron chi connectivity index (χ0n) is 11.3. The summed E-state index contributed by atoms with van der Waals surface area (Å²) < 4.78 is 2.20. The van der Waals surface area contributed by atoms with Gasteiger partial charge >= 0.3 is 5.97 Å². The van der Waals surface area contributed by atoms with E-state index in [4.69, 9.17) is 5.11 Å². The lowest BCUT2D eigenvalue weighted by molar-refractivity contribution is -0.133. The summed E-state index contributed by atoms with van der Waals surface area (Å²) in [4.78, 5) is 28.0. The molecule has 0 saturated carbocycles. The number of nitrogens with zero attached hydrogens (tertiary/aromatic N) is 3. The van der Waals surface area contributed by atoms with Gasteiger partial charge in [0.05, 0.1) is 11.3 Å². The number of rotatable bonds is 4. The molecule has 3 heterocycles. The molecule has 1 saturated heterocycles. The van der Waals surface area contributed by atoms with E-state index in [0.717, 1.165) is 44.1 Å². The largest absolute Gasteiger partial charge is 0.481 e. The molecule has 0 radical (unpaired) electrons. The lowest BCUT2D eigenvalue weighted by Crippen LogP contribution is -2.46. The van der Waals surface area contributed by atoms with E-state index in [1.54, 1.807) is 10.7 Å². The number of aromatic nitrogens is 2. The Labute approximate surface area is 129 Å². The number of hydrogen-bond acceptors (Lipinski definition) is 6. The van der Waals surface area contributed by atoms with E-state index >= 15 is 0 Å². The van der Waals surface area contributed by atoms with Gasteiger partial charge in [-0.05, 0) is 30.7 Å². The van der Waals surface area contributed by atoms with Crippen LogP contribution in [0.4, 0.5) is 0 Å². The standard InChI is InChI=1S/C13H15N3O3S2/c17-10(18)8-21-13-14-9-4-7-20-11(9)12(19)16(13)15-5-2-1-3-6-15/h4,7H,1-3,5-6,8H2,(H,17,18). The van der Waals surface area contributed by atoms with Crippen molar-refractivity contribution in [2.45, 2.75) is 24.4 Å². The maximum Gasteiger partial charge on any atom is 0.313 e. The van der Waals surface area contributed by atoms with Gasteiger partial charge in [0, 0.05) is 13.1 Å². The Balaban J connectivity index is 2.08. The molecule has 0 spiro atoms. The monoisotopic (exact) mass is 325 g/mol. The average Bonchev–Trinajstić information content (AvgIpc) is 2.95. The fraction of sp³-hybridized carbons (Fsp3) is 0.462. The van der Waals surface area contributed by atoms with Crippen LogP contribution in [-0.2, 0) is 4.79 Å². The zero-order valence-corrected chi connectivity index (χ0v) is 13.0. The molecule has 0 bridgehead atoms. The number of carboxylic acids is 1. The predicted octanol–water partition coefficient (Wildman–Crippen LogP) is 1.76. The number of thioether (sulfide) groups is 1. The molecule has 0 aliphatic carbocycles. The molecule has 0 amide bonds. The van der Waals surface area contributed by atoms with Gasteiger partial charge in [0.25, 0.3) is 5.56 Å². The van der Waals surface area contributed by atoms with Crippen LogP contribution in [0.3, 0.4) is 0 Å². The molecule has 3 rings (SSSR count). The predicted molar refractivity (Wildman–Crippen MR) is 84.0 cm³/mol. The minimum atomic E-state index is -0.912. The summed E-state index contributed by atoms with van der Waals surface area (Å²) in [5.41, 5.74) is 0.552. The first-order valence-electron chi connectivity index (χ1n) is 6.77. The number of carbonyl (C=O) groups is 1. The highest BCUT2D eigenvalue weighted by Gasteiger charge is 2.20. The normalized spacial score (nSPS) is 15.5. The second kappa shape index (κ2) is 6.07. The van der Waals surface area contributed by atoms with Crippen molar-refractivity contribution in [2.75, 3.05) is 23.9 Å². The van der Waals surface area contributed by atoms with E-state index < -0.39 is 5.97 Å². The maximum absolute atomic E-state index is 12.7. The van der Waals surface area contributed by atoms with Crippen LogP contribution in [0.5, 0.6) is 0 Å². The van der Waals surface area contributed by atoms with Crippen molar-refractivity contribution in [1.29, 1.82) is 0 Å². The first-order valence-corrected chi connectivity index (χ1v) is 8.63. The van der Waals surface area contributed by atoms with E-state index in [-0.39, 0.29) is 11.3 Å². The molecule has 21 heavy (non-hydrogen) atoms. The van der Waals surface area contributed by atoms with Crippen molar-refractivity contribution < 1.29 is 9.90 Å². The average molecular weight is 325 g/mol. The molecule has 112 valence electrons. The van der Waals surface area contributed by atoms with Gasteiger partial charge in [-0.3, -0.25) is 9.59 Å². The Morgan fingerprint density at radius 3 is 2.86 bits per heavy atom. The van der Waals surface area contributed by atoms with E-state index in [9.17, 15) is 9.59 Å². The highest BCUT2D eigenvalue weighted by molar-refractivity contribution is 7.99. The first-order chi connectivity index (χ1) is 10.2. The molecule has 1 aliphatic rings. The molecule has 2 aromatic heterocycles. The Hall–Kier alpha value is -1.54. The molecule has 0 unspecified atom stereocenters. The third-order valence-corrected chi connectivity index (χ3v) is 5.17. The molecule has 1 aliphatic heterocycles. The molecular weight excluding hydrogens is 310 g/mol. The fourth-order valence-electron chi connectivity index (χ4n) is 2.43. The fourth-order valence-corrected chi connectivity index (χ4v) is 3.92. The van der Waals surface area contributed by atoms with Gasteiger partial charge in [0.1, 0.15) is 4.70 Å². The molecule has 0 atom stereocenters. The summed E-state index contributed by atoms with van der Waals surface area (Å²) in [6.45, 7) is 1.61. The summed E-state index contributed by atoms with van der Waals surface area (Å²) in [6, 6.07) is 1.80. The van der Waals surface area contributed by atoms with E-state index in [2.05, 4.69) is 4.98 Å². The molecule has 0 aromatic carbocycles. The minimum absolute atomic E-state index is 0.0928. The molecule has 1 fully saturated rings. The molecule has 6 nitrogen and oxygen atoms in total. The Bertz CT molecular complexity index is 719. The highest BCUT2D eigenvalue weighted by Crippen LogP contribution is 2.22. The van der Waals surface area contributed by atoms with E-state index in [1.807, 2.05) is 10.4 Å². The summed E-state index contributed by atoms with van der Waals surface area (Å²) >= 11 is 2.47.